The molecule has 1 aliphatic heterocycles. The number of likely N-dealkylation sites (N-methyl/N-ethyl adjacent to an activating group) is 1. The predicted octanol–water partition coefficient (Wildman–Crippen LogP) is 1.91. The van der Waals surface area contributed by atoms with Crippen molar-refractivity contribution in [2.24, 2.45) is 0 Å². The molecule has 0 aliphatic carbocycles. The van der Waals surface area contributed by atoms with Crippen molar-refractivity contribution in [1.29, 1.82) is 0 Å². The van der Waals surface area contributed by atoms with E-state index in [4.69, 9.17) is 4.74 Å². The van der Waals surface area contributed by atoms with E-state index in [1.807, 2.05) is 0 Å². The summed E-state index contributed by atoms with van der Waals surface area (Å²) in [7, 11) is 0. The van der Waals surface area contributed by atoms with E-state index in [-0.39, 0.29) is 0 Å². The summed E-state index contributed by atoms with van der Waals surface area (Å²) in [6, 6.07) is 10.6. The summed E-state index contributed by atoms with van der Waals surface area (Å²) in [6.45, 7) is 6.36. The van der Waals surface area contributed by atoms with Crippen molar-refractivity contribution in [3.8, 4) is 0 Å². The molecule has 1 aromatic rings. The number of hydrogen-bond acceptors (Lipinski definition) is 2. The topological polar surface area (TPSA) is 15.8 Å². The molecule has 0 saturated carbocycles. The summed E-state index contributed by atoms with van der Waals surface area (Å²) in [5.41, 5.74) is 1.38. The van der Waals surface area contributed by atoms with E-state index < -0.39 is 0 Å². The average Bonchev–Trinajstić information content (AvgIpc) is 3.02. The van der Waals surface area contributed by atoms with Crippen LogP contribution in [0.1, 0.15) is 12.5 Å². The minimum absolute atomic E-state index is 0.499. The fourth-order valence-electron chi connectivity index (χ4n) is 1.61. The molecular formula is C12H17NO. The lowest BCUT2D eigenvalue weighted by molar-refractivity contribution is 0.245. The molecule has 1 atom stereocenters. The van der Waals surface area contributed by atoms with Crippen LogP contribution in [-0.4, -0.2) is 30.7 Å². The molecule has 2 rings (SSSR count). The van der Waals surface area contributed by atoms with Crippen molar-refractivity contribution in [2.75, 3.05) is 19.7 Å². The first-order valence-electron chi connectivity index (χ1n) is 5.26. The molecule has 2 heteroatoms. The number of benzene rings is 1. The molecule has 0 spiro atoms. The molecule has 14 heavy (non-hydrogen) atoms. The highest BCUT2D eigenvalue weighted by Crippen LogP contribution is 2.12. The summed E-state index contributed by atoms with van der Waals surface area (Å²) < 4.78 is 5.24. The van der Waals surface area contributed by atoms with E-state index in [2.05, 4.69) is 42.2 Å². The number of nitrogens with zero attached hydrogens (tertiary/aromatic N) is 1. The molecule has 0 N–H and O–H groups in total. The number of rotatable bonds is 5. The monoisotopic (exact) mass is 191 g/mol. The van der Waals surface area contributed by atoms with Gasteiger partial charge in [-0.15, -0.1) is 0 Å². The molecule has 0 radical (unpaired) electrons. The molecule has 0 unspecified atom stereocenters. The second kappa shape index (κ2) is 4.58. The van der Waals surface area contributed by atoms with Crippen LogP contribution in [0, 0.1) is 0 Å². The zero-order valence-electron chi connectivity index (χ0n) is 8.65. The van der Waals surface area contributed by atoms with Gasteiger partial charge in [0, 0.05) is 13.1 Å². The van der Waals surface area contributed by atoms with E-state index in [1.54, 1.807) is 0 Å². The first kappa shape index (κ1) is 9.69. The first-order chi connectivity index (χ1) is 6.88. The number of epoxide rings is 1. The highest BCUT2D eigenvalue weighted by atomic mass is 16.6. The minimum Gasteiger partial charge on any atom is -0.372 e. The summed E-state index contributed by atoms with van der Waals surface area (Å²) >= 11 is 0. The van der Waals surface area contributed by atoms with Crippen LogP contribution in [-0.2, 0) is 11.3 Å². The van der Waals surface area contributed by atoms with Gasteiger partial charge in [0.05, 0.1) is 12.7 Å². The Kier molecular flexibility index (Phi) is 3.17. The van der Waals surface area contributed by atoms with Crippen LogP contribution in [0.2, 0.25) is 0 Å². The van der Waals surface area contributed by atoms with E-state index in [0.717, 1.165) is 26.2 Å². The lowest BCUT2D eigenvalue weighted by atomic mass is 10.2. The summed E-state index contributed by atoms with van der Waals surface area (Å²) in [6.07, 6.45) is 0.499. The number of ether oxygens (including phenoxy) is 1. The Balaban J connectivity index is 1.87. The zero-order chi connectivity index (χ0) is 9.80. The lowest BCUT2D eigenvalue weighted by Crippen LogP contribution is -2.27. The van der Waals surface area contributed by atoms with Gasteiger partial charge in [-0.25, -0.2) is 0 Å². The molecular weight excluding hydrogens is 174 g/mol. The molecule has 0 amide bonds. The molecule has 76 valence electrons. The number of hydrogen-bond donors (Lipinski definition) is 0. The van der Waals surface area contributed by atoms with E-state index in [1.165, 1.54) is 5.56 Å². The molecule has 1 aliphatic rings. The van der Waals surface area contributed by atoms with Crippen molar-refractivity contribution < 1.29 is 4.74 Å². The Morgan fingerprint density at radius 3 is 2.64 bits per heavy atom. The van der Waals surface area contributed by atoms with Crippen molar-refractivity contribution in [3.63, 3.8) is 0 Å². The molecule has 1 saturated heterocycles. The third-order valence-corrected chi connectivity index (χ3v) is 2.56. The van der Waals surface area contributed by atoms with Crippen molar-refractivity contribution >= 4 is 0 Å². The van der Waals surface area contributed by atoms with E-state index in [0.29, 0.717) is 6.10 Å². The Hall–Kier alpha value is -0.860. The van der Waals surface area contributed by atoms with Gasteiger partial charge in [0.1, 0.15) is 0 Å². The van der Waals surface area contributed by atoms with Crippen LogP contribution in [0.5, 0.6) is 0 Å². The van der Waals surface area contributed by atoms with E-state index >= 15 is 0 Å². The highest BCUT2D eigenvalue weighted by molar-refractivity contribution is 5.14. The Labute approximate surface area is 85.5 Å². The van der Waals surface area contributed by atoms with Crippen LogP contribution >= 0.6 is 0 Å². The lowest BCUT2D eigenvalue weighted by Gasteiger charge is -2.19. The molecule has 1 fully saturated rings. The molecule has 0 aromatic heterocycles. The maximum atomic E-state index is 5.24. The van der Waals surface area contributed by atoms with Gasteiger partial charge in [-0.05, 0) is 12.1 Å². The van der Waals surface area contributed by atoms with Gasteiger partial charge in [0.2, 0.25) is 0 Å². The third-order valence-electron chi connectivity index (χ3n) is 2.56. The van der Waals surface area contributed by atoms with Gasteiger partial charge in [0.25, 0.3) is 0 Å². The maximum Gasteiger partial charge on any atom is 0.0936 e. The first-order valence-corrected chi connectivity index (χ1v) is 5.26. The molecule has 1 aromatic carbocycles. The maximum absolute atomic E-state index is 5.24. The second-order valence-electron chi connectivity index (χ2n) is 3.77. The van der Waals surface area contributed by atoms with Crippen molar-refractivity contribution in [3.05, 3.63) is 35.9 Å². The summed E-state index contributed by atoms with van der Waals surface area (Å²) in [5, 5.41) is 0. The Morgan fingerprint density at radius 1 is 1.36 bits per heavy atom. The van der Waals surface area contributed by atoms with Crippen LogP contribution in [0.3, 0.4) is 0 Å². The molecule has 0 bridgehead atoms. The summed E-state index contributed by atoms with van der Waals surface area (Å²) in [5.74, 6) is 0. The minimum atomic E-state index is 0.499. The smallest absolute Gasteiger partial charge is 0.0936 e. The van der Waals surface area contributed by atoms with E-state index in [9.17, 15) is 0 Å². The van der Waals surface area contributed by atoms with Crippen LogP contribution in [0.4, 0.5) is 0 Å². The average molecular weight is 191 g/mol. The van der Waals surface area contributed by atoms with Gasteiger partial charge in [-0.2, -0.15) is 0 Å². The largest absolute Gasteiger partial charge is 0.372 e. The fourth-order valence-corrected chi connectivity index (χ4v) is 1.61. The third kappa shape index (κ3) is 2.82. The van der Waals surface area contributed by atoms with Gasteiger partial charge >= 0.3 is 0 Å². The normalized spacial score (nSPS) is 20.0. The van der Waals surface area contributed by atoms with Crippen molar-refractivity contribution in [2.45, 2.75) is 19.6 Å². The highest BCUT2D eigenvalue weighted by Gasteiger charge is 2.24. The van der Waals surface area contributed by atoms with Crippen LogP contribution in [0.25, 0.3) is 0 Å². The standard InChI is InChI=1S/C12H17NO/c1-2-13(9-12-10-14-12)8-11-6-4-3-5-7-11/h3-7,12H,2,8-10H2,1H3/t12-/m1/s1. The molecule has 2 nitrogen and oxygen atoms in total. The Bertz CT molecular complexity index is 269. The Morgan fingerprint density at radius 2 is 2.07 bits per heavy atom. The fraction of sp³-hybridized carbons (Fsp3) is 0.500. The van der Waals surface area contributed by atoms with Crippen LogP contribution < -0.4 is 0 Å². The SMILES string of the molecule is CCN(Cc1ccccc1)C[C@@H]1CO1. The van der Waals surface area contributed by atoms with Gasteiger partial charge in [0.15, 0.2) is 0 Å². The van der Waals surface area contributed by atoms with Crippen molar-refractivity contribution in [1.82, 2.24) is 4.90 Å². The summed E-state index contributed by atoms with van der Waals surface area (Å²) in [4.78, 5) is 2.42. The quantitative estimate of drug-likeness (QED) is 0.661. The van der Waals surface area contributed by atoms with Gasteiger partial charge in [-0.3, -0.25) is 4.90 Å². The van der Waals surface area contributed by atoms with Gasteiger partial charge < -0.3 is 4.74 Å². The van der Waals surface area contributed by atoms with Gasteiger partial charge in [-0.1, -0.05) is 37.3 Å². The van der Waals surface area contributed by atoms with Crippen LogP contribution in [0.15, 0.2) is 30.3 Å². The second-order valence-corrected chi connectivity index (χ2v) is 3.77. The zero-order valence-corrected chi connectivity index (χ0v) is 8.65. The predicted molar refractivity (Wildman–Crippen MR) is 57.1 cm³/mol. The molecule has 1 heterocycles.